The SMILES string of the molecule is Cc1ccc(OCC(=O)Nc2c(Cl)cc(Cl)cc2-c2nc3ccccc3s2)c(C)c1. The topological polar surface area (TPSA) is 51.2 Å². The number of hydrogen-bond acceptors (Lipinski definition) is 4. The van der Waals surface area contributed by atoms with Crippen molar-refractivity contribution in [3.63, 3.8) is 0 Å². The van der Waals surface area contributed by atoms with Gasteiger partial charge in [0, 0.05) is 10.6 Å². The lowest BCUT2D eigenvalue weighted by Crippen LogP contribution is -2.21. The van der Waals surface area contributed by atoms with Gasteiger partial charge in [-0.05, 0) is 49.7 Å². The van der Waals surface area contributed by atoms with Gasteiger partial charge >= 0.3 is 0 Å². The smallest absolute Gasteiger partial charge is 0.262 e. The molecule has 1 heterocycles. The maximum Gasteiger partial charge on any atom is 0.262 e. The van der Waals surface area contributed by atoms with E-state index in [0.717, 1.165) is 26.4 Å². The third-order valence-corrected chi connectivity index (χ3v) is 6.12. The van der Waals surface area contributed by atoms with Crippen molar-refractivity contribution < 1.29 is 9.53 Å². The summed E-state index contributed by atoms with van der Waals surface area (Å²) in [6, 6.07) is 17.0. The van der Waals surface area contributed by atoms with Gasteiger partial charge in [0.15, 0.2) is 6.61 Å². The van der Waals surface area contributed by atoms with E-state index in [4.69, 9.17) is 27.9 Å². The third kappa shape index (κ3) is 4.43. The Morgan fingerprint density at radius 1 is 1.10 bits per heavy atom. The van der Waals surface area contributed by atoms with Crippen LogP contribution in [0, 0.1) is 13.8 Å². The zero-order valence-corrected chi connectivity index (χ0v) is 18.7. The highest BCUT2D eigenvalue weighted by Crippen LogP contribution is 2.40. The number of halogens is 2. The van der Waals surface area contributed by atoms with Gasteiger partial charge in [-0.1, -0.05) is 53.0 Å². The van der Waals surface area contributed by atoms with E-state index in [1.54, 1.807) is 12.1 Å². The molecule has 1 N–H and O–H groups in total. The van der Waals surface area contributed by atoms with Crippen molar-refractivity contribution in [3.8, 4) is 16.3 Å². The minimum absolute atomic E-state index is 0.137. The molecular weight excluding hydrogens is 439 g/mol. The summed E-state index contributed by atoms with van der Waals surface area (Å²) in [7, 11) is 0. The number of thiazole rings is 1. The molecule has 3 aromatic carbocycles. The van der Waals surface area contributed by atoms with Crippen LogP contribution < -0.4 is 10.1 Å². The maximum absolute atomic E-state index is 12.6. The summed E-state index contributed by atoms with van der Waals surface area (Å²) in [4.78, 5) is 17.3. The molecule has 0 atom stereocenters. The van der Waals surface area contributed by atoms with Crippen molar-refractivity contribution in [1.29, 1.82) is 0 Å². The third-order valence-electron chi connectivity index (χ3n) is 4.53. The number of para-hydroxylation sites is 1. The van der Waals surface area contributed by atoms with Crippen molar-refractivity contribution in [2.24, 2.45) is 0 Å². The van der Waals surface area contributed by atoms with Crippen molar-refractivity contribution in [3.05, 3.63) is 75.8 Å². The number of nitrogens with one attached hydrogen (secondary N) is 1. The number of aryl methyl sites for hydroxylation is 2. The molecule has 0 radical (unpaired) electrons. The van der Waals surface area contributed by atoms with Crippen molar-refractivity contribution in [2.75, 3.05) is 11.9 Å². The summed E-state index contributed by atoms with van der Waals surface area (Å²) in [5, 5.41) is 4.41. The Morgan fingerprint density at radius 2 is 1.90 bits per heavy atom. The van der Waals surface area contributed by atoms with Gasteiger partial charge < -0.3 is 10.1 Å². The first kappa shape index (κ1) is 20.7. The number of amides is 1. The molecule has 4 rings (SSSR count). The van der Waals surface area contributed by atoms with E-state index in [0.29, 0.717) is 27.0 Å². The molecule has 1 aromatic heterocycles. The van der Waals surface area contributed by atoms with E-state index in [1.165, 1.54) is 11.3 Å². The zero-order chi connectivity index (χ0) is 21.3. The molecule has 1 amide bonds. The van der Waals surface area contributed by atoms with E-state index < -0.39 is 0 Å². The van der Waals surface area contributed by atoms with Gasteiger partial charge in [-0.15, -0.1) is 11.3 Å². The van der Waals surface area contributed by atoms with Gasteiger partial charge in [-0.3, -0.25) is 4.79 Å². The Kier molecular flexibility index (Phi) is 5.95. The molecule has 7 heteroatoms. The first-order chi connectivity index (χ1) is 14.4. The fourth-order valence-corrected chi connectivity index (χ4v) is 4.67. The van der Waals surface area contributed by atoms with Crippen LogP contribution in [0.5, 0.6) is 5.75 Å². The van der Waals surface area contributed by atoms with E-state index in [2.05, 4.69) is 10.3 Å². The fraction of sp³-hybridized carbons (Fsp3) is 0.130. The number of hydrogen-bond donors (Lipinski definition) is 1. The number of fused-ring (bicyclic) bond motifs is 1. The van der Waals surface area contributed by atoms with E-state index in [1.807, 2.05) is 56.3 Å². The van der Waals surface area contributed by atoms with Gasteiger partial charge in [0.2, 0.25) is 0 Å². The standard InChI is InChI=1S/C23H18Cl2N2O2S/c1-13-7-8-19(14(2)9-13)29-12-21(28)27-22-16(10-15(24)11-17(22)25)23-26-18-5-3-4-6-20(18)30-23/h3-11H,12H2,1-2H3,(H,27,28). The second-order valence-corrected chi connectivity index (χ2v) is 8.78. The Labute approximate surface area is 188 Å². The molecule has 4 aromatic rings. The maximum atomic E-state index is 12.6. The van der Waals surface area contributed by atoms with Gasteiger partial charge in [0.1, 0.15) is 10.8 Å². The van der Waals surface area contributed by atoms with Crippen LogP contribution in [0.25, 0.3) is 20.8 Å². The van der Waals surface area contributed by atoms with Crippen molar-refractivity contribution in [2.45, 2.75) is 13.8 Å². The minimum atomic E-state index is -0.318. The number of rotatable bonds is 5. The Hall–Kier alpha value is -2.60. The summed E-state index contributed by atoms with van der Waals surface area (Å²) < 4.78 is 6.73. The van der Waals surface area contributed by atoms with Crippen LogP contribution >= 0.6 is 34.5 Å². The van der Waals surface area contributed by atoms with Crippen LogP contribution in [0.4, 0.5) is 5.69 Å². The second-order valence-electron chi connectivity index (χ2n) is 6.90. The van der Waals surface area contributed by atoms with E-state index in [9.17, 15) is 4.79 Å². The number of benzene rings is 3. The molecule has 30 heavy (non-hydrogen) atoms. The van der Waals surface area contributed by atoms with Crippen LogP contribution in [0.1, 0.15) is 11.1 Å². The molecule has 0 aliphatic heterocycles. The number of carbonyl (C=O) groups is 1. The Balaban J connectivity index is 1.59. The molecule has 0 saturated carbocycles. The highest BCUT2D eigenvalue weighted by Gasteiger charge is 2.17. The predicted octanol–water partition coefficient (Wildman–Crippen LogP) is 6.90. The van der Waals surface area contributed by atoms with Crippen LogP contribution in [-0.4, -0.2) is 17.5 Å². The lowest BCUT2D eigenvalue weighted by molar-refractivity contribution is -0.118. The first-order valence-electron chi connectivity index (χ1n) is 9.25. The summed E-state index contributed by atoms with van der Waals surface area (Å²) in [5.41, 5.74) is 4.13. The summed E-state index contributed by atoms with van der Waals surface area (Å²) in [5.74, 6) is 0.353. The van der Waals surface area contributed by atoms with Crippen LogP contribution in [-0.2, 0) is 4.79 Å². The quantitative estimate of drug-likeness (QED) is 0.355. The molecule has 0 aliphatic carbocycles. The minimum Gasteiger partial charge on any atom is -0.483 e. The van der Waals surface area contributed by atoms with Crippen LogP contribution in [0.3, 0.4) is 0 Å². The largest absolute Gasteiger partial charge is 0.483 e. The second kappa shape index (κ2) is 8.64. The molecule has 0 aliphatic rings. The van der Waals surface area contributed by atoms with Gasteiger partial charge in [0.25, 0.3) is 5.91 Å². The van der Waals surface area contributed by atoms with Crippen molar-refractivity contribution in [1.82, 2.24) is 4.98 Å². The molecular formula is C23H18Cl2N2O2S. The van der Waals surface area contributed by atoms with E-state index >= 15 is 0 Å². The zero-order valence-electron chi connectivity index (χ0n) is 16.3. The predicted molar refractivity (Wildman–Crippen MR) is 125 cm³/mol. The fourth-order valence-electron chi connectivity index (χ4n) is 3.14. The van der Waals surface area contributed by atoms with Crippen molar-refractivity contribution >= 4 is 56.3 Å². The molecule has 0 fully saturated rings. The molecule has 0 bridgehead atoms. The number of aromatic nitrogens is 1. The monoisotopic (exact) mass is 456 g/mol. The summed E-state index contributed by atoms with van der Waals surface area (Å²) >= 11 is 14.2. The molecule has 0 spiro atoms. The molecule has 0 saturated heterocycles. The first-order valence-corrected chi connectivity index (χ1v) is 10.8. The van der Waals surface area contributed by atoms with Gasteiger partial charge in [0.05, 0.1) is 20.9 Å². The highest BCUT2D eigenvalue weighted by atomic mass is 35.5. The number of nitrogens with zero attached hydrogens (tertiary/aromatic N) is 1. The average Bonchev–Trinajstić information content (AvgIpc) is 3.13. The van der Waals surface area contributed by atoms with E-state index in [-0.39, 0.29) is 12.5 Å². The molecule has 152 valence electrons. The average molecular weight is 457 g/mol. The molecule has 4 nitrogen and oxygen atoms in total. The lowest BCUT2D eigenvalue weighted by atomic mass is 10.1. The lowest BCUT2D eigenvalue weighted by Gasteiger charge is -2.14. The molecule has 0 unspecified atom stereocenters. The van der Waals surface area contributed by atoms with Gasteiger partial charge in [-0.25, -0.2) is 4.98 Å². The highest BCUT2D eigenvalue weighted by molar-refractivity contribution is 7.21. The Morgan fingerprint density at radius 3 is 2.67 bits per heavy atom. The normalized spacial score (nSPS) is 10.9. The Bertz CT molecular complexity index is 1220. The van der Waals surface area contributed by atoms with Crippen LogP contribution in [0.15, 0.2) is 54.6 Å². The number of anilines is 1. The summed E-state index contributed by atoms with van der Waals surface area (Å²) in [6.45, 7) is 3.82. The summed E-state index contributed by atoms with van der Waals surface area (Å²) in [6.07, 6.45) is 0. The van der Waals surface area contributed by atoms with Gasteiger partial charge in [-0.2, -0.15) is 0 Å². The van der Waals surface area contributed by atoms with Crippen LogP contribution in [0.2, 0.25) is 10.0 Å². The number of carbonyl (C=O) groups excluding carboxylic acids is 1. The number of ether oxygens (including phenoxy) is 1.